The van der Waals surface area contributed by atoms with E-state index in [9.17, 15) is 13.2 Å². The first-order chi connectivity index (χ1) is 6.61. The third-order valence-corrected chi connectivity index (χ3v) is 3.84. The van der Waals surface area contributed by atoms with E-state index in [0.717, 1.165) is 0 Å². The fourth-order valence-electron chi connectivity index (χ4n) is 1.24. The number of carbonyl (C=O) groups is 1. The van der Waals surface area contributed by atoms with Gasteiger partial charge in [-0.2, -0.15) is 0 Å². The highest BCUT2D eigenvalue weighted by Gasteiger charge is 2.16. The fourth-order valence-corrected chi connectivity index (χ4v) is 2.76. The van der Waals surface area contributed by atoms with Gasteiger partial charge >= 0.3 is 0 Å². The Kier molecular flexibility index (Phi) is 3.41. The minimum atomic E-state index is -3.28. The monoisotopic (exact) mass is 212 g/mol. The summed E-state index contributed by atoms with van der Waals surface area (Å²) in [6.45, 7) is 1.79. The van der Waals surface area contributed by atoms with Gasteiger partial charge in [-0.3, -0.25) is 4.79 Å². The number of benzene rings is 1. The van der Waals surface area contributed by atoms with Gasteiger partial charge in [-0.15, -0.1) is 0 Å². The predicted molar refractivity (Wildman–Crippen MR) is 54.2 cm³/mol. The van der Waals surface area contributed by atoms with Crippen LogP contribution in [0.25, 0.3) is 0 Å². The van der Waals surface area contributed by atoms with Crippen LogP contribution in [0.3, 0.4) is 0 Å². The van der Waals surface area contributed by atoms with E-state index >= 15 is 0 Å². The molecule has 0 saturated heterocycles. The minimum absolute atomic E-state index is 0.0812. The molecule has 0 spiro atoms. The van der Waals surface area contributed by atoms with Gasteiger partial charge in [-0.25, -0.2) is 8.42 Å². The molecule has 0 unspecified atom stereocenters. The highest BCUT2D eigenvalue weighted by atomic mass is 32.2. The summed E-state index contributed by atoms with van der Waals surface area (Å²) in [7, 11) is -3.28. The van der Waals surface area contributed by atoms with Crippen LogP contribution in [0.4, 0.5) is 0 Å². The van der Waals surface area contributed by atoms with E-state index in [1.54, 1.807) is 19.1 Å². The van der Waals surface area contributed by atoms with Crippen LogP contribution in [0, 0.1) is 0 Å². The normalized spacial score (nSPS) is 11.2. The molecule has 0 saturated carbocycles. The Morgan fingerprint density at radius 2 is 1.93 bits per heavy atom. The van der Waals surface area contributed by atoms with E-state index in [-0.39, 0.29) is 16.2 Å². The molecule has 0 amide bonds. The van der Waals surface area contributed by atoms with Gasteiger partial charge in [0.1, 0.15) is 0 Å². The van der Waals surface area contributed by atoms with Crippen molar-refractivity contribution in [3.8, 4) is 0 Å². The Morgan fingerprint density at radius 3 is 2.50 bits per heavy atom. The van der Waals surface area contributed by atoms with E-state index in [2.05, 4.69) is 0 Å². The maximum absolute atomic E-state index is 11.7. The van der Waals surface area contributed by atoms with Crippen LogP contribution in [0.1, 0.15) is 23.7 Å². The van der Waals surface area contributed by atoms with Crippen molar-refractivity contribution in [1.29, 1.82) is 0 Å². The summed E-state index contributed by atoms with van der Waals surface area (Å²) in [6.07, 6.45) is 1.12. The SMILES string of the molecule is CCCS(=O)(=O)c1ccccc1C=O. The number of carbonyl (C=O) groups excluding carboxylic acids is 1. The summed E-state index contributed by atoms with van der Waals surface area (Å²) in [6, 6.07) is 6.24. The predicted octanol–water partition coefficient (Wildman–Crippen LogP) is 1.68. The van der Waals surface area contributed by atoms with Crippen molar-refractivity contribution in [3.63, 3.8) is 0 Å². The Bertz CT molecular complexity index is 421. The first-order valence-corrected chi connectivity index (χ1v) is 6.04. The number of rotatable bonds is 4. The van der Waals surface area contributed by atoms with Crippen LogP contribution in [0.5, 0.6) is 0 Å². The van der Waals surface area contributed by atoms with E-state index in [1.807, 2.05) is 0 Å². The van der Waals surface area contributed by atoms with E-state index in [4.69, 9.17) is 0 Å². The Balaban J connectivity index is 3.25. The maximum atomic E-state index is 11.7. The standard InChI is InChI=1S/C10H12O3S/c1-2-7-14(12,13)10-6-4-3-5-9(10)8-11/h3-6,8H,2,7H2,1H3. The average Bonchev–Trinajstić information content (AvgIpc) is 2.18. The summed E-state index contributed by atoms with van der Waals surface area (Å²) in [5, 5.41) is 0. The molecule has 1 aromatic carbocycles. The van der Waals surface area contributed by atoms with Crippen molar-refractivity contribution in [1.82, 2.24) is 0 Å². The van der Waals surface area contributed by atoms with E-state index < -0.39 is 9.84 Å². The summed E-state index contributed by atoms with van der Waals surface area (Å²) in [4.78, 5) is 10.7. The molecule has 76 valence electrons. The van der Waals surface area contributed by atoms with Gasteiger partial charge in [0.05, 0.1) is 10.6 Å². The zero-order chi connectivity index (χ0) is 10.6. The highest BCUT2D eigenvalue weighted by molar-refractivity contribution is 7.91. The molecule has 14 heavy (non-hydrogen) atoms. The van der Waals surface area contributed by atoms with Crippen molar-refractivity contribution in [3.05, 3.63) is 29.8 Å². The van der Waals surface area contributed by atoms with Crippen molar-refractivity contribution in [2.45, 2.75) is 18.2 Å². The molecule has 1 aromatic rings. The topological polar surface area (TPSA) is 51.2 Å². The van der Waals surface area contributed by atoms with Crippen molar-refractivity contribution in [2.75, 3.05) is 5.75 Å². The zero-order valence-electron chi connectivity index (χ0n) is 7.93. The van der Waals surface area contributed by atoms with Crippen LogP contribution in [0.15, 0.2) is 29.2 Å². The molecule has 0 aliphatic heterocycles. The Hall–Kier alpha value is -1.16. The lowest BCUT2D eigenvalue weighted by Crippen LogP contribution is -2.08. The number of sulfone groups is 1. The molecule has 0 radical (unpaired) electrons. The van der Waals surface area contributed by atoms with Crippen LogP contribution >= 0.6 is 0 Å². The molecule has 0 aliphatic carbocycles. The summed E-state index contributed by atoms with van der Waals surface area (Å²) in [5.74, 6) is 0.0812. The molecule has 0 heterocycles. The van der Waals surface area contributed by atoms with Crippen LogP contribution < -0.4 is 0 Å². The first-order valence-electron chi connectivity index (χ1n) is 4.38. The second kappa shape index (κ2) is 4.37. The van der Waals surface area contributed by atoms with Crippen molar-refractivity contribution in [2.24, 2.45) is 0 Å². The van der Waals surface area contributed by atoms with E-state index in [0.29, 0.717) is 12.7 Å². The van der Waals surface area contributed by atoms with Gasteiger partial charge in [0.15, 0.2) is 16.1 Å². The third kappa shape index (κ3) is 2.20. The molecule has 1 rings (SSSR count). The first kappa shape index (κ1) is 10.9. The zero-order valence-corrected chi connectivity index (χ0v) is 8.75. The van der Waals surface area contributed by atoms with Gasteiger partial charge in [0.25, 0.3) is 0 Å². The summed E-state index contributed by atoms with van der Waals surface area (Å²) < 4.78 is 23.3. The second-order valence-electron chi connectivity index (χ2n) is 2.97. The van der Waals surface area contributed by atoms with Crippen LogP contribution in [0.2, 0.25) is 0 Å². The number of hydrogen-bond donors (Lipinski definition) is 0. The summed E-state index contributed by atoms with van der Waals surface area (Å²) in [5.41, 5.74) is 0.237. The maximum Gasteiger partial charge on any atom is 0.179 e. The van der Waals surface area contributed by atoms with Gasteiger partial charge in [-0.05, 0) is 12.5 Å². The molecule has 0 fully saturated rings. The Morgan fingerprint density at radius 1 is 1.29 bits per heavy atom. The van der Waals surface area contributed by atoms with Gasteiger partial charge in [-0.1, -0.05) is 25.1 Å². The van der Waals surface area contributed by atoms with Crippen LogP contribution in [-0.4, -0.2) is 20.5 Å². The lowest BCUT2D eigenvalue weighted by atomic mass is 10.2. The summed E-state index contributed by atoms with van der Waals surface area (Å²) >= 11 is 0. The number of aldehydes is 1. The molecule has 0 bridgehead atoms. The van der Waals surface area contributed by atoms with Gasteiger partial charge < -0.3 is 0 Å². The molecule has 0 aromatic heterocycles. The molecular formula is C10H12O3S. The molecule has 4 heteroatoms. The molecule has 0 atom stereocenters. The average molecular weight is 212 g/mol. The largest absolute Gasteiger partial charge is 0.298 e. The molecule has 0 N–H and O–H groups in total. The second-order valence-corrected chi connectivity index (χ2v) is 5.05. The van der Waals surface area contributed by atoms with Gasteiger partial charge in [0, 0.05) is 5.56 Å². The Labute approximate surface area is 83.7 Å². The lowest BCUT2D eigenvalue weighted by Gasteiger charge is -2.04. The third-order valence-electron chi connectivity index (χ3n) is 1.85. The smallest absolute Gasteiger partial charge is 0.179 e. The molecule has 3 nitrogen and oxygen atoms in total. The lowest BCUT2D eigenvalue weighted by molar-refractivity contribution is 0.112. The van der Waals surface area contributed by atoms with Gasteiger partial charge in [0.2, 0.25) is 0 Å². The quantitative estimate of drug-likeness (QED) is 0.713. The number of hydrogen-bond acceptors (Lipinski definition) is 3. The highest BCUT2D eigenvalue weighted by Crippen LogP contribution is 2.15. The minimum Gasteiger partial charge on any atom is -0.298 e. The van der Waals surface area contributed by atoms with Crippen molar-refractivity contribution < 1.29 is 13.2 Å². The van der Waals surface area contributed by atoms with Crippen LogP contribution in [-0.2, 0) is 9.84 Å². The van der Waals surface area contributed by atoms with E-state index in [1.165, 1.54) is 12.1 Å². The van der Waals surface area contributed by atoms with Crippen molar-refractivity contribution >= 4 is 16.1 Å². The fraction of sp³-hybridized carbons (Fsp3) is 0.300. The molecule has 0 aliphatic rings. The molecular weight excluding hydrogens is 200 g/mol.